The van der Waals surface area contributed by atoms with Crippen molar-refractivity contribution in [2.45, 2.75) is 70.9 Å². The number of aromatic nitrogens is 1. The van der Waals surface area contributed by atoms with E-state index in [-0.39, 0.29) is 24.3 Å². The number of rotatable bonds is 8. The normalized spacial score (nSPS) is 18.8. The number of hydrogen-bond donors (Lipinski definition) is 1. The van der Waals surface area contributed by atoms with Crippen LogP contribution in [0.15, 0.2) is 55.1 Å². The summed E-state index contributed by atoms with van der Waals surface area (Å²) in [5.41, 5.74) is 5.94. The highest BCUT2D eigenvalue weighted by atomic mass is 16.2. The van der Waals surface area contributed by atoms with E-state index in [4.69, 9.17) is 4.98 Å². The van der Waals surface area contributed by atoms with Crippen LogP contribution in [0.1, 0.15) is 72.3 Å². The number of amides is 2. The van der Waals surface area contributed by atoms with E-state index in [9.17, 15) is 14.9 Å². The Morgan fingerprint density at radius 2 is 1.87 bits per heavy atom. The monoisotopic (exact) mass is 604 g/mol. The van der Waals surface area contributed by atoms with Gasteiger partial charge in [-0.15, -0.1) is 0 Å². The number of anilines is 2. The highest BCUT2D eigenvalue weighted by Gasteiger charge is 2.33. The zero-order valence-electron chi connectivity index (χ0n) is 26.4. The van der Waals surface area contributed by atoms with Crippen LogP contribution in [0.3, 0.4) is 0 Å². The van der Waals surface area contributed by atoms with E-state index in [2.05, 4.69) is 71.1 Å². The third-order valence-corrected chi connectivity index (χ3v) is 9.99. The Balaban J connectivity index is 1.31. The van der Waals surface area contributed by atoms with Gasteiger partial charge >= 0.3 is 0 Å². The molecule has 1 saturated heterocycles. The van der Waals surface area contributed by atoms with Gasteiger partial charge in [-0.2, -0.15) is 5.26 Å². The minimum Gasteiger partial charge on any atom is -0.367 e. The molecule has 8 heteroatoms. The molecule has 3 aliphatic rings. The third kappa shape index (κ3) is 6.54. The zero-order chi connectivity index (χ0) is 31.3. The van der Waals surface area contributed by atoms with Gasteiger partial charge in [0.1, 0.15) is 5.69 Å². The summed E-state index contributed by atoms with van der Waals surface area (Å²) >= 11 is 0. The molecule has 0 radical (unpaired) electrons. The molecular weight excluding hydrogens is 560 g/mol. The van der Waals surface area contributed by atoms with Crippen LogP contribution in [0.5, 0.6) is 0 Å². The van der Waals surface area contributed by atoms with Crippen molar-refractivity contribution in [3.05, 3.63) is 77.6 Å². The molecule has 0 unspecified atom stereocenters. The summed E-state index contributed by atoms with van der Waals surface area (Å²) in [6.45, 7) is 9.56. The molecule has 2 aromatic carbocycles. The van der Waals surface area contributed by atoms with Crippen molar-refractivity contribution in [2.24, 2.45) is 5.92 Å². The van der Waals surface area contributed by atoms with E-state index in [0.29, 0.717) is 44.3 Å². The molecular formula is C37H44N6O2. The number of carbonyl (C=O) groups excluding carboxylic acids is 2. The van der Waals surface area contributed by atoms with Gasteiger partial charge in [-0.25, -0.2) is 4.98 Å². The summed E-state index contributed by atoms with van der Waals surface area (Å²) in [7, 11) is 0. The lowest BCUT2D eigenvalue weighted by atomic mass is 9.87. The first-order chi connectivity index (χ1) is 22.0. The summed E-state index contributed by atoms with van der Waals surface area (Å²) in [5, 5.41) is 15.2. The Hall–Kier alpha value is -4.38. The number of aryl methyl sites for hydroxylation is 1. The second-order valence-electron chi connectivity index (χ2n) is 12.8. The average molecular weight is 605 g/mol. The van der Waals surface area contributed by atoms with Crippen LogP contribution in [0.25, 0.3) is 10.8 Å². The van der Waals surface area contributed by atoms with Gasteiger partial charge in [0, 0.05) is 55.0 Å². The summed E-state index contributed by atoms with van der Waals surface area (Å²) in [6, 6.07) is 16.8. The molecule has 3 heterocycles. The van der Waals surface area contributed by atoms with Gasteiger partial charge in [-0.05, 0) is 54.8 Å². The minimum atomic E-state index is -0.246. The minimum absolute atomic E-state index is 0.137. The molecule has 1 aliphatic carbocycles. The summed E-state index contributed by atoms with van der Waals surface area (Å²) < 4.78 is 0. The molecule has 0 spiro atoms. The van der Waals surface area contributed by atoms with Crippen LogP contribution in [-0.4, -0.2) is 60.5 Å². The van der Waals surface area contributed by atoms with Crippen molar-refractivity contribution >= 4 is 34.0 Å². The molecule has 2 fully saturated rings. The van der Waals surface area contributed by atoms with E-state index in [0.717, 1.165) is 36.3 Å². The quantitative estimate of drug-likeness (QED) is 0.321. The number of hydrogen-bond acceptors (Lipinski definition) is 6. The predicted octanol–water partition coefficient (Wildman–Crippen LogP) is 5.92. The van der Waals surface area contributed by atoms with Crippen LogP contribution in [0.4, 0.5) is 11.4 Å². The fourth-order valence-corrected chi connectivity index (χ4v) is 7.61. The predicted molar refractivity (Wildman–Crippen MR) is 179 cm³/mol. The van der Waals surface area contributed by atoms with E-state index in [1.54, 1.807) is 4.90 Å². The first-order valence-corrected chi connectivity index (χ1v) is 16.6. The lowest BCUT2D eigenvalue weighted by Gasteiger charge is -2.43. The fourth-order valence-electron chi connectivity index (χ4n) is 7.61. The summed E-state index contributed by atoms with van der Waals surface area (Å²) in [4.78, 5) is 37.6. The number of carbonyl (C=O) groups is 2. The molecule has 1 aromatic heterocycles. The average Bonchev–Trinajstić information content (AvgIpc) is 3.07. The van der Waals surface area contributed by atoms with Crippen molar-refractivity contribution in [1.29, 1.82) is 5.26 Å². The van der Waals surface area contributed by atoms with Crippen molar-refractivity contribution in [3.63, 3.8) is 0 Å². The summed E-state index contributed by atoms with van der Waals surface area (Å²) in [6.07, 6.45) is 9.78. The van der Waals surface area contributed by atoms with Crippen molar-refractivity contribution in [3.8, 4) is 6.07 Å². The molecule has 3 aromatic rings. The lowest BCUT2D eigenvalue weighted by molar-refractivity contribution is -0.128. The first kappa shape index (κ1) is 30.6. The standard InChI is InChI=1S/C37H44N6O2/c1-3-35(44)43-22-21-42(24-29(43)15-18-38)34-23-31(37(45)39-19-16-27-10-5-4-6-11-27)40-32-25-41(20-17-30(32)34)33-14-8-13-28-12-7-9-26(2)36(28)33/h3,7-9,12-14,23,27,29H,1,4-6,10-11,15-17,19-22,24-25H2,2H3,(H,39,45)/t29-/m0/s1. The molecule has 1 saturated carbocycles. The second kappa shape index (κ2) is 13.7. The van der Waals surface area contributed by atoms with Gasteiger partial charge in [-0.3, -0.25) is 9.59 Å². The Labute approximate surface area is 266 Å². The van der Waals surface area contributed by atoms with Crippen LogP contribution in [0.2, 0.25) is 0 Å². The van der Waals surface area contributed by atoms with Crippen molar-refractivity contribution < 1.29 is 9.59 Å². The molecule has 45 heavy (non-hydrogen) atoms. The number of piperazine rings is 1. The number of nitriles is 1. The largest absolute Gasteiger partial charge is 0.367 e. The second-order valence-corrected chi connectivity index (χ2v) is 12.8. The SMILES string of the molecule is C=CC(=O)N1CCN(c2cc(C(=O)NCCC3CCCCC3)nc3c2CCN(c2cccc4cccc(C)c24)C3)C[C@@H]1CC#N. The van der Waals surface area contributed by atoms with Crippen LogP contribution < -0.4 is 15.1 Å². The Morgan fingerprint density at radius 1 is 1.07 bits per heavy atom. The number of nitrogens with one attached hydrogen (secondary N) is 1. The lowest BCUT2D eigenvalue weighted by Crippen LogP contribution is -2.55. The maximum absolute atomic E-state index is 13.6. The topological polar surface area (TPSA) is 92.6 Å². The molecule has 2 amide bonds. The summed E-state index contributed by atoms with van der Waals surface area (Å²) in [5.74, 6) is 0.406. The molecule has 234 valence electrons. The van der Waals surface area contributed by atoms with Gasteiger partial charge in [0.05, 0.1) is 30.8 Å². The van der Waals surface area contributed by atoms with Crippen LogP contribution in [-0.2, 0) is 17.8 Å². The van der Waals surface area contributed by atoms with Crippen molar-refractivity contribution in [2.75, 3.05) is 42.5 Å². The smallest absolute Gasteiger partial charge is 0.269 e. The highest BCUT2D eigenvalue weighted by Crippen LogP contribution is 2.36. The van der Waals surface area contributed by atoms with Gasteiger partial charge in [0.25, 0.3) is 5.91 Å². The van der Waals surface area contributed by atoms with Gasteiger partial charge < -0.3 is 20.0 Å². The number of benzene rings is 2. The van der Waals surface area contributed by atoms with Gasteiger partial charge in [0.15, 0.2) is 0 Å². The van der Waals surface area contributed by atoms with Crippen molar-refractivity contribution in [1.82, 2.24) is 15.2 Å². The van der Waals surface area contributed by atoms with Crippen LogP contribution in [0, 0.1) is 24.2 Å². The molecule has 1 N–H and O–H groups in total. The highest BCUT2D eigenvalue weighted by molar-refractivity contribution is 5.97. The Kier molecular flexibility index (Phi) is 9.34. The maximum atomic E-state index is 13.6. The number of fused-ring (bicyclic) bond motifs is 2. The Morgan fingerprint density at radius 3 is 2.64 bits per heavy atom. The number of nitrogens with zero attached hydrogens (tertiary/aromatic N) is 5. The fraction of sp³-hybridized carbons (Fsp3) is 0.459. The molecule has 1 atom stereocenters. The first-order valence-electron chi connectivity index (χ1n) is 16.6. The zero-order valence-corrected chi connectivity index (χ0v) is 26.4. The van der Waals surface area contributed by atoms with Gasteiger partial charge in [0.2, 0.25) is 5.91 Å². The van der Waals surface area contributed by atoms with Crippen LogP contribution >= 0.6 is 0 Å². The Bertz CT molecular complexity index is 1620. The van der Waals surface area contributed by atoms with Gasteiger partial charge in [-0.1, -0.05) is 69.0 Å². The molecule has 8 nitrogen and oxygen atoms in total. The maximum Gasteiger partial charge on any atom is 0.269 e. The molecule has 2 aliphatic heterocycles. The van der Waals surface area contributed by atoms with E-state index < -0.39 is 0 Å². The van der Waals surface area contributed by atoms with E-state index >= 15 is 0 Å². The van der Waals surface area contributed by atoms with E-state index in [1.165, 1.54) is 60.2 Å². The molecule has 0 bridgehead atoms. The number of pyridine rings is 1. The van der Waals surface area contributed by atoms with E-state index in [1.807, 2.05) is 6.07 Å². The third-order valence-electron chi connectivity index (χ3n) is 9.99. The molecule has 6 rings (SSSR count).